The molecule has 2 unspecified atom stereocenters. The van der Waals surface area contributed by atoms with Gasteiger partial charge in [0, 0.05) is 6.04 Å². The van der Waals surface area contributed by atoms with Crippen LogP contribution in [0.2, 0.25) is 0 Å². The van der Waals surface area contributed by atoms with E-state index in [1.807, 2.05) is 0 Å². The molecule has 0 aromatic heterocycles. The number of hydrogen-bond donors (Lipinski definition) is 2. The van der Waals surface area contributed by atoms with Crippen molar-refractivity contribution in [3.63, 3.8) is 0 Å². The summed E-state index contributed by atoms with van der Waals surface area (Å²) < 4.78 is 13.1. The number of alkyl halides is 1. The van der Waals surface area contributed by atoms with Gasteiger partial charge in [0.1, 0.15) is 0 Å². The maximum Gasteiger partial charge on any atom is 0.151 e. The van der Waals surface area contributed by atoms with Gasteiger partial charge in [0.25, 0.3) is 0 Å². The zero-order chi connectivity index (χ0) is 9.10. The van der Waals surface area contributed by atoms with Crippen molar-refractivity contribution in [3.05, 3.63) is 0 Å². The highest BCUT2D eigenvalue weighted by Gasteiger charge is 2.28. The molecular weight excluding hydrogens is 167 g/mol. The average molecular weight is 186 g/mol. The molecule has 2 N–H and O–H groups in total. The zero-order valence-corrected chi connectivity index (χ0v) is 8.06. The lowest BCUT2D eigenvalue weighted by Crippen LogP contribution is -2.47. The van der Waals surface area contributed by atoms with E-state index in [2.05, 4.69) is 10.6 Å². The summed E-state index contributed by atoms with van der Waals surface area (Å²) in [5.74, 6) is 0.708. The molecule has 0 saturated carbocycles. The Bertz CT molecular complexity index is 157. The normalized spacial score (nSPS) is 37.6. The van der Waals surface area contributed by atoms with E-state index < -0.39 is 6.30 Å². The molecule has 0 radical (unpaired) electrons. The molecule has 2 nitrogen and oxygen atoms in total. The van der Waals surface area contributed by atoms with Crippen LogP contribution in [0.25, 0.3) is 0 Å². The van der Waals surface area contributed by atoms with E-state index in [-0.39, 0.29) is 0 Å². The molecule has 2 aliphatic heterocycles. The van der Waals surface area contributed by atoms with Gasteiger partial charge in [-0.15, -0.1) is 0 Å². The molecule has 2 saturated heterocycles. The van der Waals surface area contributed by atoms with Gasteiger partial charge in [-0.05, 0) is 51.1 Å². The molecule has 2 heterocycles. The Labute approximate surface area is 79.3 Å². The van der Waals surface area contributed by atoms with E-state index in [0.29, 0.717) is 18.4 Å². The zero-order valence-electron chi connectivity index (χ0n) is 8.06. The first kappa shape index (κ1) is 9.41. The maximum atomic E-state index is 13.1. The van der Waals surface area contributed by atoms with Crippen LogP contribution in [-0.4, -0.2) is 25.4 Å². The van der Waals surface area contributed by atoms with E-state index in [0.717, 1.165) is 19.5 Å². The fourth-order valence-electron chi connectivity index (χ4n) is 2.53. The minimum absolute atomic E-state index is 0.450. The van der Waals surface area contributed by atoms with Gasteiger partial charge in [0.05, 0.1) is 0 Å². The van der Waals surface area contributed by atoms with Crippen LogP contribution >= 0.6 is 0 Å². The molecule has 0 spiro atoms. The van der Waals surface area contributed by atoms with Gasteiger partial charge >= 0.3 is 0 Å². The fourth-order valence-corrected chi connectivity index (χ4v) is 2.53. The summed E-state index contributed by atoms with van der Waals surface area (Å²) in [6.45, 7) is 2.22. The summed E-state index contributed by atoms with van der Waals surface area (Å²) >= 11 is 0. The molecule has 2 fully saturated rings. The standard InChI is InChI=1S/C10H19FN2/c11-10-3-1-2-9(13-10)8-4-6-12-7-5-8/h8-10,12-13H,1-7H2. The summed E-state index contributed by atoms with van der Waals surface area (Å²) in [6, 6.07) is 0.450. The topological polar surface area (TPSA) is 24.1 Å². The van der Waals surface area contributed by atoms with Gasteiger partial charge in [0.2, 0.25) is 0 Å². The van der Waals surface area contributed by atoms with E-state index >= 15 is 0 Å². The lowest BCUT2D eigenvalue weighted by molar-refractivity contribution is 0.139. The van der Waals surface area contributed by atoms with Crippen LogP contribution in [0.5, 0.6) is 0 Å². The smallest absolute Gasteiger partial charge is 0.151 e. The molecule has 2 rings (SSSR count). The second-order valence-electron chi connectivity index (χ2n) is 4.26. The van der Waals surface area contributed by atoms with Gasteiger partial charge in [-0.2, -0.15) is 0 Å². The van der Waals surface area contributed by atoms with Gasteiger partial charge in [-0.1, -0.05) is 0 Å². The number of hydrogen-bond acceptors (Lipinski definition) is 2. The predicted molar refractivity (Wildman–Crippen MR) is 51.3 cm³/mol. The molecule has 3 heteroatoms. The second-order valence-corrected chi connectivity index (χ2v) is 4.26. The third kappa shape index (κ3) is 2.41. The molecule has 2 atom stereocenters. The third-order valence-corrected chi connectivity index (χ3v) is 3.32. The van der Waals surface area contributed by atoms with Crippen molar-refractivity contribution in [2.75, 3.05) is 13.1 Å². The van der Waals surface area contributed by atoms with E-state index in [1.54, 1.807) is 0 Å². The Morgan fingerprint density at radius 1 is 1.00 bits per heavy atom. The minimum Gasteiger partial charge on any atom is -0.317 e. The van der Waals surface area contributed by atoms with Crippen LogP contribution in [-0.2, 0) is 0 Å². The Morgan fingerprint density at radius 2 is 1.77 bits per heavy atom. The largest absolute Gasteiger partial charge is 0.317 e. The Kier molecular flexibility index (Phi) is 3.17. The van der Waals surface area contributed by atoms with Gasteiger partial charge < -0.3 is 5.32 Å². The van der Waals surface area contributed by atoms with Crippen molar-refractivity contribution >= 4 is 0 Å². The van der Waals surface area contributed by atoms with Crippen LogP contribution in [0.3, 0.4) is 0 Å². The minimum atomic E-state index is -0.742. The van der Waals surface area contributed by atoms with E-state index in [4.69, 9.17) is 0 Å². The van der Waals surface area contributed by atoms with Crippen LogP contribution in [0, 0.1) is 5.92 Å². The number of nitrogens with one attached hydrogen (secondary N) is 2. The van der Waals surface area contributed by atoms with Gasteiger partial charge in [-0.25, -0.2) is 4.39 Å². The molecule has 0 bridgehead atoms. The maximum absolute atomic E-state index is 13.1. The lowest BCUT2D eigenvalue weighted by atomic mass is 9.85. The van der Waals surface area contributed by atoms with Gasteiger partial charge in [0.15, 0.2) is 6.30 Å². The summed E-state index contributed by atoms with van der Waals surface area (Å²) in [4.78, 5) is 0. The van der Waals surface area contributed by atoms with Crippen molar-refractivity contribution in [2.24, 2.45) is 5.92 Å². The number of rotatable bonds is 1. The highest BCUT2D eigenvalue weighted by atomic mass is 19.1. The molecule has 0 aromatic rings. The Balaban J connectivity index is 1.83. The highest BCUT2D eigenvalue weighted by molar-refractivity contribution is 4.84. The van der Waals surface area contributed by atoms with E-state index in [9.17, 15) is 4.39 Å². The summed E-state index contributed by atoms with van der Waals surface area (Å²) in [7, 11) is 0. The number of piperidine rings is 2. The van der Waals surface area contributed by atoms with Crippen molar-refractivity contribution in [1.29, 1.82) is 0 Å². The monoisotopic (exact) mass is 186 g/mol. The quantitative estimate of drug-likeness (QED) is 0.605. The first-order chi connectivity index (χ1) is 6.36. The lowest BCUT2D eigenvalue weighted by Gasteiger charge is -2.35. The SMILES string of the molecule is FC1CCCC(C2CCNCC2)N1. The van der Waals surface area contributed by atoms with Crippen molar-refractivity contribution in [3.8, 4) is 0 Å². The average Bonchev–Trinajstić information content (AvgIpc) is 2.19. The van der Waals surface area contributed by atoms with E-state index in [1.165, 1.54) is 19.3 Å². The molecule has 2 aliphatic rings. The van der Waals surface area contributed by atoms with Crippen molar-refractivity contribution in [2.45, 2.75) is 44.4 Å². The molecule has 0 amide bonds. The molecular formula is C10H19FN2. The second kappa shape index (κ2) is 4.38. The van der Waals surface area contributed by atoms with Crippen LogP contribution < -0.4 is 10.6 Å². The summed E-state index contributed by atoms with van der Waals surface area (Å²) in [5.41, 5.74) is 0. The molecule has 0 aromatic carbocycles. The summed E-state index contributed by atoms with van der Waals surface area (Å²) in [5, 5.41) is 6.44. The van der Waals surface area contributed by atoms with Crippen LogP contribution in [0.4, 0.5) is 4.39 Å². The molecule has 0 aliphatic carbocycles. The fraction of sp³-hybridized carbons (Fsp3) is 1.00. The predicted octanol–water partition coefficient (Wildman–Crippen LogP) is 1.42. The Hall–Kier alpha value is -0.150. The number of halogens is 1. The first-order valence-corrected chi connectivity index (χ1v) is 5.47. The van der Waals surface area contributed by atoms with Crippen LogP contribution in [0.15, 0.2) is 0 Å². The molecule has 13 heavy (non-hydrogen) atoms. The first-order valence-electron chi connectivity index (χ1n) is 5.47. The Morgan fingerprint density at radius 3 is 2.46 bits per heavy atom. The third-order valence-electron chi connectivity index (χ3n) is 3.32. The van der Waals surface area contributed by atoms with Gasteiger partial charge in [-0.3, -0.25) is 5.32 Å². The van der Waals surface area contributed by atoms with Crippen molar-refractivity contribution in [1.82, 2.24) is 10.6 Å². The highest BCUT2D eigenvalue weighted by Crippen LogP contribution is 2.24. The van der Waals surface area contributed by atoms with Crippen molar-refractivity contribution < 1.29 is 4.39 Å². The summed E-state index contributed by atoms with van der Waals surface area (Å²) in [6.07, 6.45) is 4.62. The van der Waals surface area contributed by atoms with Crippen LogP contribution in [0.1, 0.15) is 32.1 Å². The molecule has 76 valence electrons.